The summed E-state index contributed by atoms with van der Waals surface area (Å²) in [6, 6.07) is 12.1. The van der Waals surface area contributed by atoms with Gasteiger partial charge in [0, 0.05) is 19.6 Å². The van der Waals surface area contributed by atoms with Crippen LogP contribution in [0.15, 0.2) is 47.1 Å². The van der Waals surface area contributed by atoms with Crippen molar-refractivity contribution in [2.45, 2.75) is 40.0 Å². The Morgan fingerprint density at radius 1 is 1.12 bits per heavy atom. The number of furan rings is 1. The number of rotatable bonds is 10. The second-order valence-corrected chi connectivity index (χ2v) is 6.76. The topological polar surface area (TPSA) is 45.8 Å². The molecule has 0 saturated carbocycles. The maximum Gasteiger partial charge on any atom is 0.129 e. The summed E-state index contributed by atoms with van der Waals surface area (Å²) in [5, 5.41) is 10.3. The number of nitrogens with zero attached hydrogens (tertiary/aromatic N) is 1. The highest BCUT2D eigenvalue weighted by molar-refractivity contribution is 5.25. The maximum absolute atomic E-state index is 10.3. The van der Waals surface area contributed by atoms with Crippen molar-refractivity contribution >= 4 is 0 Å². The van der Waals surface area contributed by atoms with Gasteiger partial charge in [0.15, 0.2) is 0 Å². The van der Waals surface area contributed by atoms with E-state index in [4.69, 9.17) is 9.15 Å². The van der Waals surface area contributed by atoms with Crippen molar-refractivity contribution in [3.63, 3.8) is 0 Å². The summed E-state index contributed by atoms with van der Waals surface area (Å²) in [6.07, 6.45) is 1.12. The molecule has 4 heteroatoms. The Labute approximate surface area is 145 Å². The van der Waals surface area contributed by atoms with E-state index in [0.29, 0.717) is 25.7 Å². The van der Waals surface area contributed by atoms with Crippen molar-refractivity contribution in [3.8, 4) is 0 Å². The van der Waals surface area contributed by atoms with Crippen LogP contribution in [-0.2, 0) is 17.9 Å². The highest BCUT2D eigenvalue weighted by Crippen LogP contribution is 2.13. The van der Waals surface area contributed by atoms with Crippen molar-refractivity contribution in [2.75, 3.05) is 19.7 Å². The van der Waals surface area contributed by atoms with Crippen molar-refractivity contribution in [2.24, 2.45) is 5.92 Å². The van der Waals surface area contributed by atoms with Crippen LogP contribution in [0.1, 0.15) is 30.7 Å². The third kappa shape index (κ3) is 6.48. The van der Waals surface area contributed by atoms with Gasteiger partial charge in [-0.1, -0.05) is 38.1 Å². The second kappa shape index (κ2) is 9.62. The zero-order valence-corrected chi connectivity index (χ0v) is 14.9. The molecule has 0 unspecified atom stereocenters. The van der Waals surface area contributed by atoms with Crippen LogP contribution in [0.25, 0.3) is 0 Å². The fraction of sp³-hybridized carbons (Fsp3) is 0.500. The number of aryl methyl sites for hydroxylation is 1. The fourth-order valence-corrected chi connectivity index (χ4v) is 2.79. The molecule has 1 aromatic heterocycles. The fourth-order valence-electron chi connectivity index (χ4n) is 2.79. The van der Waals surface area contributed by atoms with E-state index in [-0.39, 0.29) is 0 Å². The summed E-state index contributed by atoms with van der Waals surface area (Å²) in [5.74, 6) is 1.33. The first-order valence-corrected chi connectivity index (χ1v) is 8.59. The van der Waals surface area contributed by atoms with Crippen LogP contribution in [0, 0.1) is 12.8 Å². The minimum Gasteiger partial charge on any atom is -0.467 e. The monoisotopic (exact) mass is 331 g/mol. The largest absolute Gasteiger partial charge is 0.467 e. The molecule has 0 spiro atoms. The van der Waals surface area contributed by atoms with Crippen molar-refractivity contribution in [3.05, 3.63) is 59.5 Å². The van der Waals surface area contributed by atoms with E-state index in [0.717, 1.165) is 18.8 Å². The molecular formula is C20H29NO3. The van der Waals surface area contributed by atoms with Gasteiger partial charge in [0.25, 0.3) is 0 Å². The predicted molar refractivity (Wildman–Crippen MR) is 95.7 cm³/mol. The molecule has 0 fully saturated rings. The maximum atomic E-state index is 10.3. The van der Waals surface area contributed by atoms with Crippen LogP contribution in [0.5, 0.6) is 0 Å². The Balaban J connectivity index is 1.84. The lowest BCUT2D eigenvalue weighted by atomic mass is 10.1. The first-order chi connectivity index (χ1) is 11.5. The number of benzene rings is 1. The summed E-state index contributed by atoms with van der Waals surface area (Å²) in [5.41, 5.74) is 2.59. The molecular weight excluding hydrogens is 302 g/mol. The van der Waals surface area contributed by atoms with E-state index in [1.54, 1.807) is 6.26 Å². The Bertz CT molecular complexity index is 580. The van der Waals surface area contributed by atoms with E-state index in [2.05, 4.69) is 49.9 Å². The zero-order chi connectivity index (χ0) is 17.4. The standard InChI is InChI=1S/C20H29NO3/c1-16(2)11-21(12-18-8-5-4-7-17(18)3)13-19(22)14-23-15-20-9-6-10-24-20/h4-10,16,19,22H,11-15H2,1-3H3/t19-/m1/s1. The van der Waals surface area contributed by atoms with E-state index in [9.17, 15) is 5.11 Å². The first-order valence-electron chi connectivity index (χ1n) is 8.59. The van der Waals surface area contributed by atoms with Crippen molar-refractivity contribution in [1.29, 1.82) is 0 Å². The predicted octanol–water partition coefficient (Wildman–Crippen LogP) is 3.62. The number of hydrogen-bond donors (Lipinski definition) is 1. The number of ether oxygens (including phenoxy) is 1. The third-order valence-corrected chi connectivity index (χ3v) is 3.88. The van der Waals surface area contributed by atoms with E-state index < -0.39 is 6.10 Å². The van der Waals surface area contributed by atoms with Gasteiger partial charge in [0.2, 0.25) is 0 Å². The molecule has 1 aromatic carbocycles. The smallest absolute Gasteiger partial charge is 0.129 e. The average molecular weight is 331 g/mol. The van der Waals surface area contributed by atoms with Gasteiger partial charge in [-0.05, 0) is 36.1 Å². The van der Waals surface area contributed by atoms with Gasteiger partial charge in [-0.15, -0.1) is 0 Å². The highest BCUT2D eigenvalue weighted by Gasteiger charge is 2.15. The van der Waals surface area contributed by atoms with Gasteiger partial charge >= 0.3 is 0 Å². The minimum absolute atomic E-state index is 0.309. The number of aliphatic hydroxyl groups excluding tert-OH is 1. The lowest BCUT2D eigenvalue weighted by Gasteiger charge is -2.27. The molecule has 132 valence electrons. The Morgan fingerprint density at radius 3 is 2.58 bits per heavy atom. The van der Waals surface area contributed by atoms with Crippen LogP contribution in [0.2, 0.25) is 0 Å². The highest BCUT2D eigenvalue weighted by atomic mass is 16.5. The molecule has 0 aliphatic heterocycles. The van der Waals surface area contributed by atoms with Crippen LogP contribution >= 0.6 is 0 Å². The third-order valence-electron chi connectivity index (χ3n) is 3.88. The number of aliphatic hydroxyl groups is 1. The van der Waals surface area contributed by atoms with Crippen molar-refractivity contribution in [1.82, 2.24) is 4.90 Å². The molecule has 0 bridgehead atoms. The van der Waals surface area contributed by atoms with Gasteiger partial charge in [-0.25, -0.2) is 0 Å². The molecule has 0 saturated heterocycles. The zero-order valence-electron chi connectivity index (χ0n) is 14.9. The number of hydrogen-bond acceptors (Lipinski definition) is 4. The van der Waals surface area contributed by atoms with Gasteiger partial charge in [0.05, 0.1) is 19.0 Å². The molecule has 1 heterocycles. The van der Waals surface area contributed by atoms with Crippen LogP contribution in [-0.4, -0.2) is 35.8 Å². The Morgan fingerprint density at radius 2 is 1.92 bits per heavy atom. The lowest BCUT2D eigenvalue weighted by molar-refractivity contribution is 0.00221. The molecule has 24 heavy (non-hydrogen) atoms. The Hall–Kier alpha value is -1.62. The molecule has 0 amide bonds. The minimum atomic E-state index is -0.511. The van der Waals surface area contributed by atoms with Crippen LogP contribution < -0.4 is 0 Å². The molecule has 1 atom stereocenters. The molecule has 0 radical (unpaired) electrons. The SMILES string of the molecule is Cc1ccccc1CN(CC(C)C)C[C@@H](O)COCc1ccco1. The lowest BCUT2D eigenvalue weighted by Crippen LogP contribution is -2.37. The molecule has 2 rings (SSSR count). The van der Waals surface area contributed by atoms with E-state index in [1.165, 1.54) is 11.1 Å². The van der Waals surface area contributed by atoms with E-state index >= 15 is 0 Å². The van der Waals surface area contributed by atoms with Gasteiger partial charge in [0.1, 0.15) is 12.4 Å². The van der Waals surface area contributed by atoms with Gasteiger partial charge in [-0.3, -0.25) is 4.90 Å². The first kappa shape index (κ1) is 18.7. The normalized spacial score (nSPS) is 12.9. The molecule has 1 N–H and O–H groups in total. The second-order valence-electron chi connectivity index (χ2n) is 6.76. The van der Waals surface area contributed by atoms with E-state index in [1.807, 2.05) is 12.1 Å². The molecule has 2 aromatic rings. The van der Waals surface area contributed by atoms with Crippen molar-refractivity contribution < 1.29 is 14.3 Å². The quantitative estimate of drug-likeness (QED) is 0.722. The van der Waals surface area contributed by atoms with Crippen LogP contribution in [0.3, 0.4) is 0 Å². The molecule has 0 aliphatic carbocycles. The van der Waals surface area contributed by atoms with Gasteiger partial charge < -0.3 is 14.3 Å². The molecule has 4 nitrogen and oxygen atoms in total. The Kier molecular flexibility index (Phi) is 7.50. The summed E-state index contributed by atoms with van der Waals surface area (Å²) in [7, 11) is 0. The average Bonchev–Trinajstić information content (AvgIpc) is 3.02. The summed E-state index contributed by atoms with van der Waals surface area (Å²) < 4.78 is 10.8. The van der Waals surface area contributed by atoms with Gasteiger partial charge in [-0.2, -0.15) is 0 Å². The summed E-state index contributed by atoms with van der Waals surface area (Å²) in [4.78, 5) is 2.30. The summed E-state index contributed by atoms with van der Waals surface area (Å²) >= 11 is 0. The molecule has 0 aliphatic rings. The summed E-state index contributed by atoms with van der Waals surface area (Å²) in [6.45, 7) is 9.63. The van der Waals surface area contributed by atoms with Crippen LogP contribution in [0.4, 0.5) is 0 Å².